The third kappa shape index (κ3) is 1.81. The summed E-state index contributed by atoms with van der Waals surface area (Å²) in [5.41, 5.74) is 2.57. The summed E-state index contributed by atoms with van der Waals surface area (Å²) in [7, 11) is 0. The second-order valence-corrected chi connectivity index (χ2v) is 3.64. The third-order valence-electron chi connectivity index (χ3n) is 2.69. The van der Waals surface area contributed by atoms with Crippen LogP contribution < -0.4 is 5.32 Å². The molecular weight excluding hydrogens is 224 g/mol. The van der Waals surface area contributed by atoms with Crippen LogP contribution in [-0.2, 0) is 13.0 Å². The molecular formula is C11H13ClN4. The zero-order chi connectivity index (χ0) is 10.1. The van der Waals surface area contributed by atoms with Gasteiger partial charge in [-0.3, -0.25) is 0 Å². The Morgan fingerprint density at radius 2 is 2.25 bits per heavy atom. The quantitative estimate of drug-likeness (QED) is 0.813. The van der Waals surface area contributed by atoms with Crippen molar-refractivity contribution in [3.63, 3.8) is 0 Å². The van der Waals surface area contributed by atoms with Gasteiger partial charge in [-0.1, -0.05) is 6.07 Å². The van der Waals surface area contributed by atoms with Gasteiger partial charge in [0.1, 0.15) is 0 Å². The minimum atomic E-state index is 0. The summed E-state index contributed by atoms with van der Waals surface area (Å²) >= 11 is 0. The van der Waals surface area contributed by atoms with Gasteiger partial charge in [0.05, 0.1) is 11.9 Å². The molecule has 0 aliphatic carbocycles. The number of nitrogens with one attached hydrogen (secondary N) is 1. The van der Waals surface area contributed by atoms with E-state index in [1.165, 1.54) is 11.3 Å². The van der Waals surface area contributed by atoms with E-state index in [0.717, 1.165) is 25.3 Å². The topological polar surface area (TPSA) is 42.7 Å². The first-order valence-corrected chi connectivity index (χ1v) is 5.13. The van der Waals surface area contributed by atoms with E-state index in [4.69, 9.17) is 0 Å². The molecule has 16 heavy (non-hydrogen) atoms. The van der Waals surface area contributed by atoms with Crippen molar-refractivity contribution in [2.45, 2.75) is 13.0 Å². The van der Waals surface area contributed by atoms with Crippen molar-refractivity contribution in [2.24, 2.45) is 0 Å². The number of pyridine rings is 1. The van der Waals surface area contributed by atoms with Crippen molar-refractivity contribution < 1.29 is 0 Å². The average molecular weight is 237 g/mol. The second kappa shape index (κ2) is 4.63. The third-order valence-corrected chi connectivity index (χ3v) is 2.69. The molecule has 0 amide bonds. The molecule has 0 radical (unpaired) electrons. The van der Waals surface area contributed by atoms with Crippen molar-refractivity contribution >= 4 is 12.4 Å². The number of hydrogen-bond acceptors (Lipinski definition) is 3. The van der Waals surface area contributed by atoms with Crippen molar-refractivity contribution in [1.29, 1.82) is 0 Å². The highest BCUT2D eigenvalue weighted by Crippen LogP contribution is 2.16. The van der Waals surface area contributed by atoms with Crippen LogP contribution in [0.25, 0.3) is 5.82 Å². The standard InChI is InChI=1S/C11H12N4.ClH/c1-2-5-13-11(3-1)15-10-8-12-6-4-9(10)7-14-15;/h1-3,5,7,12H,4,6,8H2;1H. The summed E-state index contributed by atoms with van der Waals surface area (Å²) in [6.45, 7) is 1.92. The Hall–Kier alpha value is -1.39. The van der Waals surface area contributed by atoms with Crippen molar-refractivity contribution in [1.82, 2.24) is 20.1 Å². The molecule has 0 saturated heterocycles. The largest absolute Gasteiger partial charge is 0.311 e. The molecule has 3 rings (SSSR count). The molecule has 0 atom stereocenters. The zero-order valence-electron chi connectivity index (χ0n) is 8.76. The van der Waals surface area contributed by atoms with Gasteiger partial charge < -0.3 is 5.32 Å². The molecule has 0 unspecified atom stereocenters. The second-order valence-electron chi connectivity index (χ2n) is 3.64. The molecule has 84 valence electrons. The Morgan fingerprint density at radius 3 is 3.06 bits per heavy atom. The van der Waals surface area contributed by atoms with Crippen molar-refractivity contribution in [3.8, 4) is 5.82 Å². The predicted molar refractivity (Wildman–Crippen MR) is 64.0 cm³/mol. The first kappa shape index (κ1) is 11.1. The van der Waals surface area contributed by atoms with Crippen LogP contribution in [0.4, 0.5) is 0 Å². The summed E-state index contributed by atoms with van der Waals surface area (Å²) in [5.74, 6) is 0.891. The summed E-state index contributed by atoms with van der Waals surface area (Å²) in [4.78, 5) is 4.30. The van der Waals surface area contributed by atoms with Gasteiger partial charge in [-0.25, -0.2) is 9.67 Å². The van der Waals surface area contributed by atoms with Crippen LogP contribution in [0, 0.1) is 0 Å². The van der Waals surface area contributed by atoms with E-state index in [1.807, 2.05) is 29.1 Å². The van der Waals surface area contributed by atoms with E-state index in [2.05, 4.69) is 15.4 Å². The number of nitrogens with zero attached hydrogens (tertiary/aromatic N) is 3. The fourth-order valence-corrected chi connectivity index (χ4v) is 1.91. The summed E-state index contributed by atoms with van der Waals surface area (Å²) in [5, 5.41) is 7.73. The zero-order valence-corrected chi connectivity index (χ0v) is 9.57. The molecule has 5 heteroatoms. The Balaban J connectivity index is 0.000000963. The van der Waals surface area contributed by atoms with E-state index in [-0.39, 0.29) is 12.4 Å². The molecule has 0 bridgehead atoms. The van der Waals surface area contributed by atoms with Gasteiger partial charge in [0.15, 0.2) is 5.82 Å². The molecule has 1 aliphatic rings. The van der Waals surface area contributed by atoms with Crippen LogP contribution in [0.1, 0.15) is 11.3 Å². The normalized spacial score (nSPS) is 14.0. The van der Waals surface area contributed by atoms with Crippen molar-refractivity contribution in [2.75, 3.05) is 6.54 Å². The molecule has 0 saturated carbocycles. The van der Waals surface area contributed by atoms with Crippen LogP contribution in [0.5, 0.6) is 0 Å². The van der Waals surface area contributed by atoms with Gasteiger partial charge in [0, 0.05) is 12.7 Å². The van der Waals surface area contributed by atoms with E-state index >= 15 is 0 Å². The Morgan fingerprint density at radius 1 is 1.31 bits per heavy atom. The molecule has 0 fully saturated rings. The molecule has 4 nitrogen and oxygen atoms in total. The molecule has 0 aromatic carbocycles. The molecule has 0 spiro atoms. The highest BCUT2D eigenvalue weighted by Gasteiger charge is 2.15. The van der Waals surface area contributed by atoms with Crippen LogP contribution in [0.15, 0.2) is 30.6 Å². The van der Waals surface area contributed by atoms with E-state index in [1.54, 1.807) is 6.20 Å². The lowest BCUT2D eigenvalue weighted by Gasteiger charge is -2.14. The fourth-order valence-electron chi connectivity index (χ4n) is 1.91. The van der Waals surface area contributed by atoms with Crippen LogP contribution in [0.2, 0.25) is 0 Å². The van der Waals surface area contributed by atoms with E-state index in [9.17, 15) is 0 Å². The van der Waals surface area contributed by atoms with Crippen LogP contribution >= 0.6 is 12.4 Å². The molecule has 1 aliphatic heterocycles. The van der Waals surface area contributed by atoms with Gasteiger partial charge in [-0.15, -0.1) is 12.4 Å². The minimum absolute atomic E-state index is 0. The van der Waals surface area contributed by atoms with Crippen LogP contribution in [0.3, 0.4) is 0 Å². The molecule has 2 aromatic rings. The lowest BCUT2D eigenvalue weighted by atomic mass is 10.1. The number of aromatic nitrogens is 3. The first-order chi connectivity index (χ1) is 7.45. The van der Waals surface area contributed by atoms with Crippen LogP contribution in [-0.4, -0.2) is 21.3 Å². The Kier molecular flexibility index (Phi) is 3.22. The van der Waals surface area contributed by atoms with Gasteiger partial charge in [0.2, 0.25) is 0 Å². The van der Waals surface area contributed by atoms with E-state index < -0.39 is 0 Å². The maximum Gasteiger partial charge on any atom is 0.153 e. The summed E-state index contributed by atoms with van der Waals surface area (Å²) in [6, 6.07) is 5.87. The minimum Gasteiger partial charge on any atom is -0.311 e. The highest BCUT2D eigenvalue weighted by atomic mass is 35.5. The van der Waals surface area contributed by atoms with Gasteiger partial charge in [0.25, 0.3) is 0 Å². The summed E-state index contributed by atoms with van der Waals surface area (Å²) in [6.07, 6.45) is 4.80. The van der Waals surface area contributed by atoms with Gasteiger partial charge >= 0.3 is 0 Å². The Bertz CT molecular complexity index is 466. The van der Waals surface area contributed by atoms with Gasteiger partial charge in [-0.05, 0) is 30.7 Å². The SMILES string of the molecule is Cl.c1ccc(-n2ncc3c2CNCC3)nc1. The lowest BCUT2D eigenvalue weighted by molar-refractivity contribution is 0.611. The maximum absolute atomic E-state index is 4.38. The number of rotatable bonds is 1. The summed E-state index contributed by atoms with van der Waals surface area (Å²) < 4.78 is 1.92. The van der Waals surface area contributed by atoms with Crippen molar-refractivity contribution in [3.05, 3.63) is 41.9 Å². The highest BCUT2D eigenvalue weighted by molar-refractivity contribution is 5.85. The smallest absolute Gasteiger partial charge is 0.153 e. The fraction of sp³-hybridized carbons (Fsp3) is 0.273. The maximum atomic E-state index is 4.38. The lowest BCUT2D eigenvalue weighted by Crippen LogP contribution is -2.25. The monoisotopic (exact) mass is 236 g/mol. The number of halogens is 1. The first-order valence-electron chi connectivity index (χ1n) is 5.13. The van der Waals surface area contributed by atoms with Gasteiger partial charge in [-0.2, -0.15) is 5.10 Å². The molecule has 1 N–H and O–H groups in total. The molecule has 3 heterocycles. The van der Waals surface area contributed by atoms with E-state index in [0.29, 0.717) is 0 Å². The molecule has 2 aromatic heterocycles. The Labute approximate surface area is 100 Å². The number of fused-ring (bicyclic) bond motifs is 1. The number of hydrogen-bond donors (Lipinski definition) is 1. The average Bonchev–Trinajstić information content (AvgIpc) is 2.74. The predicted octanol–water partition coefficient (Wildman–Crippen LogP) is 1.33.